The van der Waals surface area contributed by atoms with E-state index in [0.29, 0.717) is 0 Å². The van der Waals surface area contributed by atoms with Gasteiger partial charge in [-0.15, -0.1) is 0 Å². The number of nitrogens with zero attached hydrogens (tertiary/aromatic N) is 3. The van der Waals surface area contributed by atoms with Gasteiger partial charge in [0.15, 0.2) is 0 Å². The predicted octanol–water partition coefficient (Wildman–Crippen LogP) is 10.9. The zero-order chi connectivity index (χ0) is 51.4. The summed E-state index contributed by atoms with van der Waals surface area (Å²) in [7, 11) is 0. The summed E-state index contributed by atoms with van der Waals surface area (Å²) < 4.78 is 0. The van der Waals surface area contributed by atoms with Crippen molar-refractivity contribution < 1.29 is 0 Å². The molecule has 0 radical (unpaired) electrons. The summed E-state index contributed by atoms with van der Waals surface area (Å²) in [5.41, 5.74) is 34.7. The molecule has 0 unspecified atom stereocenters. The second-order valence-electron chi connectivity index (χ2n) is 22.2. The molecule has 12 aromatic rings. The lowest BCUT2D eigenvalue weighted by Crippen LogP contribution is -2.61. The van der Waals surface area contributed by atoms with Crippen LogP contribution in [0.15, 0.2) is 273 Å². The van der Waals surface area contributed by atoms with Gasteiger partial charge in [0.2, 0.25) is 6.71 Å². The summed E-state index contributed by atoms with van der Waals surface area (Å²) in [6, 6.07) is 104. The van der Waals surface area contributed by atoms with Gasteiger partial charge in [-0.3, -0.25) is 0 Å². The van der Waals surface area contributed by atoms with Crippen LogP contribution in [0.25, 0.3) is 66.8 Å². The largest absolute Gasteiger partial charge is 0.376 e. The lowest BCUT2D eigenvalue weighted by molar-refractivity contribution is 1.35. The van der Waals surface area contributed by atoms with E-state index in [9.17, 15) is 0 Å². The maximum absolute atomic E-state index is 2.60. The number of benzene rings is 12. The van der Waals surface area contributed by atoms with Crippen LogP contribution in [0, 0.1) is 0 Å². The van der Waals surface area contributed by atoms with Gasteiger partial charge >= 0.3 is 20.5 Å². The maximum Gasteiger partial charge on any atom is 0.329 e. The third-order valence-corrected chi connectivity index (χ3v) is 18.4. The number of hydrogen-bond acceptors (Lipinski definition) is 3. The van der Waals surface area contributed by atoms with Crippen LogP contribution in [0.4, 0.5) is 34.1 Å². The second-order valence-corrected chi connectivity index (χ2v) is 22.2. The molecule has 0 amide bonds. The van der Waals surface area contributed by atoms with Gasteiger partial charge in [0.25, 0.3) is 0 Å². The van der Waals surface area contributed by atoms with Crippen molar-refractivity contribution in [3.05, 3.63) is 273 Å². The van der Waals surface area contributed by atoms with Crippen LogP contribution in [0.1, 0.15) is 0 Å². The topological polar surface area (TPSA) is 9.72 Å². The third-order valence-electron chi connectivity index (χ3n) is 18.4. The second kappa shape index (κ2) is 16.4. The Morgan fingerprint density at radius 2 is 0.392 bits per heavy atom. The summed E-state index contributed by atoms with van der Waals surface area (Å²) in [5.74, 6) is 0. The van der Waals surface area contributed by atoms with Crippen LogP contribution in [-0.2, 0) is 0 Å². The molecule has 0 fully saturated rings. The van der Waals surface area contributed by atoms with E-state index in [-0.39, 0.29) is 27.3 Å². The molecule has 79 heavy (non-hydrogen) atoms. The van der Waals surface area contributed by atoms with Gasteiger partial charge in [-0.2, -0.15) is 0 Å². The van der Waals surface area contributed by atoms with Gasteiger partial charge in [-0.25, -0.2) is 0 Å². The monoisotopic (exact) mass is 995 g/mol. The molecule has 0 N–H and O–H groups in total. The number of rotatable bonds is 3. The summed E-state index contributed by atoms with van der Waals surface area (Å²) in [6.07, 6.45) is 0. The molecule has 0 aromatic heterocycles. The first-order valence-corrected chi connectivity index (χ1v) is 27.9. The van der Waals surface area contributed by atoms with Gasteiger partial charge in [0.05, 0.1) is 0 Å². The van der Waals surface area contributed by atoms with Crippen LogP contribution in [-0.4, -0.2) is 27.3 Å². The number of para-hydroxylation sites is 6. The van der Waals surface area contributed by atoms with E-state index in [0.717, 1.165) is 0 Å². The maximum atomic E-state index is 2.60. The van der Waals surface area contributed by atoms with Crippen LogP contribution in [0.3, 0.4) is 0 Å². The van der Waals surface area contributed by atoms with Crippen LogP contribution in [0.2, 0.25) is 0 Å². The zero-order valence-electron chi connectivity index (χ0n) is 43.1. The highest BCUT2D eigenvalue weighted by atomic mass is 15.1. The minimum absolute atomic E-state index is 0.0156. The molecule has 6 aliphatic rings. The first-order chi connectivity index (χ1) is 39.2. The van der Waals surface area contributed by atoms with E-state index < -0.39 is 0 Å². The lowest BCUT2D eigenvalue weighted by Gasteiger charge is -2.44. The van der Waals surface area contributed by atoms with E-state index >= 15 is 0 Å². The summed E-state index contributed by atoms with van der Waals surface area (Å²) in [4.78, 5) is 7.81. The Kier molecular flexibility index (Phi) is 9.02. The molecule has 18 rings (SSSR count). The van der Waals surface area contributed by atoms with Gasteiger partial charge < -0.3 is 14.4 Å². The molecule has 0 bridgehead atoms. The van der Waals surface area contributed by atoms with Crippen molar-refractivity contribution in [2.45, 2.75) is 0 Å². The van der Waals surface area contributed by atoms with Gasteiger partial charge in [0.1, 0.15) is 0 Å². The van der Waals surface area contributed by atoms with Crippen molar-refractivity contribution in [2.24, 2.45) is 0 Å². The third kappa shape index (κ3) is 5.97. The Morgan fingerprint density at radius 1 is 0.190 bits per heavy atom. The Balaban J connectivity index is 0.873. The van der Waals surface area contributed by atoms with Gasteiger partial charge in [-0.05, 0) is 103 Å². The van der Waals surface area contributed by atoms with E-state index in [1.165, 1.54) is 150 Å². The number of fused-ring (bicyclic) bond motifs is 33. The van der Waals surface area contributed by atoms with Crippen molar-refractivity contribution in [1.82, 2.24) is 0 Å². The summed E-state index contributed by atoms with van der Waals surface area (Å²) in [5, 5.41) is 0. The standard InChI is InChI=1S/C72H45B4N3/c1-10-28-61-49(19-1)52-22-4-13-31-67(52)77-70-34-16-7-25-55(70)58-43-46(37-40-64(58)74(61)77)73(47-38-41-65-59(44-47)56-26-8-17-35-71(56)78-68-32-14-5-23-53(68)50-20-2-11-29-62(50)75(65)78)48-39-42-66-60(45-48)57-27-9-18-36-72(57)79-69-33-15-6-24-54(69)51-21-3-12-30-63(51)76(66)79/h1-45H. The average Bonchev–Trinajstić information content (AvgIpc) is 3.60. The fraction of sp³-hybridized carbons (Fsp3) is 0. The molecule has 0 aliphatic carbocycles. The van der Waals surface area contributed by atoms with Crippen molar-refractivity contribution >= 4 is 111 Å². The molecule has 7 heteroatoms. The van der Waals surface area contributed by atoms with Crippen LogP contribution in [0.5, 0.6) is 0 Å². The first-order valence-electron chi connectivity index (χ1n) is 27.9. The molecule has 6 aliphatic heterocycles. The molecule has 0 saturated carbocycles. The Hall–Kier alpha value is -9.70. The highest BCUT2D eigenvalue weighted by molar-refractivity contribution is 6.98. The Morgan fingerprint density at radius 3 is 0.658 bits per heavy atom. The summed E-state index contributed by atoms with van der Waals surface area (Å²) in [6.45, 7) is -0.0646. The SMILES string of the molecule is c1ccc2c(c1)B1c3ccc(B(c4ccc5c(c4)-c4ccccc4N4B5c5ccccc5-c5ccccc54)c4ccc5c(c4)-c4ccccc4N4B5c5ccccc5-c5ccccc54)cc3-c3ccccc3N1c1ccccc1-2. The minimum atomic E-state index is -0.112. The zero-order valence-corrected chi connectivity index (χ0v) is 43.1. The normalized spacial score (nSPS) is 13.7. The van der Waals surface area contributed by atoms with Crippen molar-refractivity contribution in [2.75, 3.05) is 14.4 Å². The Bertz CT molecular complexity index is 4140. The molecular weight excluding hydrogens is 950 g/mol. The predicted molar refractivity (Wildman–Crippen MR) is 337 cm³/mol. The van der Waals surface area contributed by atoms with Gasteiger partial charge in [-0.1, -0.05) is 253 Å². The van der Waals surface area contributed by atoms with Crippen LogP contribution < -0.4 is 63.6 Å². The van der Waals surface area contributed by atoms with Crippen molar-refractivity contribution in [1.29, 1.82) is 0 Å². The number of anilines is 6. The number of hydrogen-bond donors (Lipinski definition) is 0. The highest BCUT2D eigenvalue weighted by Gasteiger charge is 2.46. The molecule has 12 aromatic carbocycles. The quantitative estimate of drug-likeness (QED) is 0.163. The van der Waals surface area contributed by atoms with E-state index in [2.05, 4.69) is 287 Å². The molecule has 0 atom stereocenters. The average molecular weight is 995 g/mol. The fourth-order valence-electron chi connectivity index (χ4n) is 15.2. The highest BCUT2D eigenvalue weighted by Crippen LogP contribution is 2.49. The molecule has 0 spiro atoms. The van der Waals surface area contributed by atoms with Crippen LogP contribution >= 0.6 is 0 Å². The molecule has 6 heterocycles. The smallest absolute Gasteiger partial charge is 0.329 e. The fourth-order valence-corrected chi connectivity index (χ4v) is 15.2. The van der Waals surface area contributed by atoms with Crippen molar-refractivity contribution in [3.8, 4) is 66.8 Å². The van der Waals surface area contributed by atoms with E-state index in [1.807, 2.05) is 0 Å². The molecule has 0 saturated heterocycles. The molecule has 360 valence electrons. The first kappa shape index (κ1) is 43.4. The van der Waals surface area contributed by atoms with E-state index in [4.69, 9.17) is 0 Å². The van der Waals surface area contributed by atoms with Crippen molar-refractivity contribution in [3.63, 3.8) is 0 Å². The minimum Gasteiger partial charge on any atom is -0.376 e. The van der Waals surface area contributed by atoms with E-state index in [1.54, 1.807) is 0 Å². The van der Waals surface area contributed by atoms with Gasteiger partial charge in [0, 0.05) is 67.5 Å². The lowest BCUT2D eigenvalue weighted by atomic mass is 9.34. The summed E-state index contributed by atoms with van der Waals surface area (Å²) >= 11 is 0. The molecule has 3 nitrogen and oxygen atoms in total. The molecular formula is C72H45B4N3. The Labute approximate surface area is 462 Å².